The smallest absolute Gasteiger partial charge is 0.407 e. The van der Waals surface area contributed by atoms with Gasteiger partial charge in [-0.1, -0.05) is 0 Å². The van der Waals surface area contributed by atoms with Crippen molar-refractivity contribution >= 4 is 17.9 Å². The fourth-order valence-corrected chi connectivity index (χ4v) is 2.99. The fraction of sp³-hybridized carbons (Fsp3) is 0.824. The second kappa shape index (κ2) is 8.03. The van der Waals surface area contributed by atoms with Gasteiger partial charge in [0.05, 0.1) is 6.04 Å². The number of piperidine rings is 1. The molecule has 3 atom stereocenters. The van der Waals surface area contributed by atoms with Crippen LogP contribution in [-0.2, 0) is 14.3 Å². The summed E-state index contributed by atoms with van der Waals surface area (Å²) in [6.45, 7) is 7.06. The average molecular weight is 355 g/mol. The number of hydrogen-bond donors (Lipinski definition) is 3. The van der Waals surface area contributed by atoms with Crippen LogP contribution in [0.15, 0.2) is 0 Å². The van der Waals surface area contributed by atoms with E-state index in [2.05, 4.69) is 10.6 Å². The summed E-state index contributed by atoms with van der Waals surface area (Å²) in [7, 11) is 0. The van der Waals surface area contributed by atoms with Gasteiger partial charge in [-0.25, -0.2) is 4.79 Å². The lowest BCUT2D eigenvalue weighted by Gasteiger charge is -2.36. The van der Waals surface area contributed by atoms with Crippen LogP contribution >= 0.6 is 0 Å². The number of carbonyl (C=O) groups excluding carboxylic acids is 3. The molecule has 0 aliphatic carbocycles. The quantitative estimate of drug-likeness (QED) is 0.661. The lowest BCUT2D eigenvalue weighted by atomic mass is 9.89. The van der Waals surface area contributed by atoms with Crippen molar-refractivity contribution in [1.29, 1.82) is 0 Å². The predicted molar refractivity (Wildman–Crippen MR) is 90.7 cm³/mol. The highest BCUT2D eigenvalue weighted by molar-refractivity contribution is 5.83. The minimum absolute atomic E-state index is 0.106. The molecular formula is C17H29N3O5. The highest BCUT2D eigenvalue weighted by Gasteiger charge is 2.37. The van der Waals surface area contributed by atoms with Gasteiger partial charge in [0.2, 0.25) is 5.91 Å². The summed E-state index contributed by atoms with van der Waals surface area (Å²) < 4.78 is 5.23. The Kier molecular flexibility index (Phi) is 6.26. The number of rotatable bonds is 5. The highest BCUT2D eigenvalue weighted by Crippen LogP contribution is 2.21. The molecule has 0 aromatic heterocycles. The van der Waals surface area contributed by atoms with Gasteiger partial charge in [0, 0.05) is 25.6 Å². The van der Waals surface area contributed by atoms with Crippen LogP contribution in [0.1, 0.15) is 46.5 Å². The van der Waals surface area contributed by atoms with Gasteiger partial charge in [-0.2, -0.15) is 0 Å². The Hall–Kier alpha value is -1.83. The van der Waals surface area contributed by atoms with E-state index in [0.29, 0.717) is 26.1 Å². The number of carbonyl (C=O) groups is 3. The Bertz CT molecular complexity index is 513. The minimum atomic E-state index is -1.39. The van der Waals surface area contributed by atoms with Gasteiger partial charge >= 0.3 is 6.09 Å². The summed E-state index contributed by atoms with van der Waals surface area (Å²) in [5.74, 6) is -0.859. The molecule has 0 aromatic rings. The zero-order valence-electron chi connectivity index (χ0n) is 15.2. The molecular weight excluding hydrogens is 326 g/mol. The second-order valence-electron chi connectivity index (χ2n) is 7.74. The number of aliphatic hydroxyl groups is 1. The van der Waals surface area contributed by atoms with E-state index in [0.717, 1.165) is 12.8 Å². The summed E-state index contributed by atoms with van der Waals surface area (Å²) in [6, 6.07) is -0.864. The predicted octanol–water partition coefficient (Wildman–Crippen LogP) is 0.389. The number of aliphatic hydroxyl groups excluding tert-OH is 1. The fourth-order valence-electron chi connectivity index (χ4n) is 2.99. The molecule has 0 saturated carbocycles. The van der Waals surface area contributed by atoms with Crippen molar-refractivity contribution in [2.24, 2.45) is 5.92 Å². The number of alkyl carbamates (subject to hydrolysis) is 1. The number of nitrogens with one attached hydrogen (secondary N) is 2. The van der Waals surface area contributed by atoms with Crippen LogP contribution in [0, 0.1) is 5.92 Å². The van der Waals surface area contributed by atoms with Crippen molar-refractivity contribution in [2.75, 3.05) is 19.6 Å². The normalized spacial score (nSPS) is 23.1. The number of ether oxygens (including phenoxy) is 1. The van der Waals surface area contributed by atoms with Gasteiger partial charge in [-0.05, 0) is 46.5 Å². The number of nitrogens with zero attached hydrogens (tertiary/aromatic N) is 1. The van der Waals surface area contributed by atoms with Crippen molar-refractivity contribution in [1.82, 2.24) is 15.5 Å². The zero-order valence-corrected chi connectivity index (χ0v) is 15.2. The summed E-state index contributed by atoms with van der Waals surface area (Å²) in [4.78, 5) is 38.0. The third-order valence-corrected chi connectivity index (χ3v) is 4.44. The molecule has 2 aliphatic rings. The summed E-state index contributed by atoms with van der Waals surface area (Å²) in [5, 5.41) is 15.9. The molecule has 0 aromatic carbocycles. The first-order chi connectivity index (χ1) is 11.7. The molecule has 8 heteroatoms. The first kappa shape index (κ1) is 19.5. The van der Waals surface area contributed by atoms with E-state index in [1.165, 1.54) is 0 Å². The average Bonchev–Trinajstić information content (AvgIpc) is 2.44. The molecule has 2 rings (SSSR count). The maximum atomic E-state index is 12.3. The molecule has 2 saturated heterocycles. The lowest BCUT2D eigenvalue weighted by molar-refractivity contribution is -0.146. The van der Waals surface area contributed by atoms with Crippen LogP contribution in [0.4, 0.5) is 4.79 Å². The molecule has 0 spiro atoms. The van der Waals surface area contributed by atoms with Gasteiger partial charge in [-0.3, -0.25) is 9.59 Å². The Balaban J connectivity index is 2.04. The van der Waals surface area contributed by atoms with Gasteiger partial charge in [0.25, 0.3) is 5.91 Å². The van der Waals surface area contributed by atoms with E-state index in [-0.39, 0.29) is 18.2 Å². The molecule has 8 nitrogen and oxygen atoms in total. The van der Waals surface area contributed by atoms with Crippen LogP contribution in [0.3, 0.4) is 0 Å². The third kappa shape index (κ3) is 5.59. The van der Waals surface area contributed by atoms with E-state index in [1.807, 2.05) is 0 Å². The maximum absolute atomic E-state index is 12.3. The van der Waals surface area contributed by atoms with Gasteiger partial charge in [0.1, 0.15) is 5.60 Å². The standard InChI is InChI=1S/C17H29N3O5/c1-17(2,3)25-16(24)19-12(10-11-6-4-7-18-14(11)22)13(21)15(23)20-8-5-9-20/h11-13,21H,4-10H2,1-3H3,(H,18,22)(H,19,24). The Morgan fingerprint density at radius 2 is 2.04 bits per heavy atom. The van der Waals surface area contributed by atoms with Crippen molar-refractivity contribution < 1.29 is 24.2 Å². The monoisotopic (exact) mass is 355 g/mol. The Morgan fingerprint density at radius 3 is 2.56 bits per heavy atom. The van der Waals surface area contributed by atoms with E-state index >= 15 is 0 Å². The molecule has 3 unspecified atom stereocenters. The molecule has 0 bridgehead atoms. The number of hydrogen-bond acceptors (Lipinski definition) is 5. The van der Waals surface area contributed by atoms with Crippen LogP contribution in [0.25, 0.3) is 0 Å². The Morgan fingerprint density at radius 1 is 1.36 bits per heavy atom. The molecule has 3 N–H and O–H groups in total. The zero-order chi connectivity index (χ0) is 18.6. The van der Waals surface area contributed by atoms with E-state index in [4.69, 9.17) is 4.74 Å². The Labute approximate surface area is 148 Å². The van der Waals surface area contributed by atoms with Crippen molar-refractivity contribution in [3.8, 4) is 0 Å². The lowest BCUT2D eigenvalue weighted by Crippen LogP contribution is -2.56. The topological polar surface area (TPSA) is 108 Å². The molecule has 2 fully saturated rings. The molecule has 0 radical (unpaired) electrons. The van der Waals surface area contributed by atoms with Gasteiger partial charge < -0.3 is 25.4 Å². The molecule has 2 aliphatic heterocycles. The van der Waals surface area contributed by atoms with Crippen molar-refractivity contribution in [3.63, 3.8) is 0 Å². The number of amides is 3. The largest absolute Gasteiger partial charge is 0.444 e. The van der Waals surface area contributed by atoms with Crippen LogP contribution in [0.2, 0.25) is 0 Å². The summed E-state index contributed by atoms with van der Waals surface area (Å²) >= 11 is 0. The van der Waals surface area contributed by atoms with E-state index < -0.39 is 29.7 Å². The maximum Gasteiger partial charge on any atom is 0.407 e. The molecule has 2 heterocycles. The molecule has 25 heavy (non-hydrogen) atoms. The molecule has 3 amide bonds. The van der Waals surface area contributed by atoms with Crippen molar-refractivity contribution in [2.45, 2.75) is 64.2 Å². The minimum Gasteiger partial charge on any atom is -0.444 e. The van der Waals surface area contributed by atoms with Gasteiger partial charge in [0.15, 0.2) is 6.10 Å². The van der Waals surface area contributed by atoms with Crippen LogP contribution in [-0.4, -0.2) is 65.3 Å². The summed E-state index contributed by atoms with van der Waals surface area (Å²) in [5.41, 5.74) is -0.691. The van der Waals surface area contributed by atoms with E-state index in [1.54, 1.807) is 25.7 Å². The number of likely N-dealkylation sites (tertiary alicyclic amines) is 1. The third-order valence-electron chi connectivity index (χ3n) is 4.44. The first-order valence-corrected chi connectivity index (χ1v) is 8.91. The highest BCUT2D eigenvalue weighted by atomic mass is 16.6. The first-order valence-electron chi connectivity index (χ1n) is 8.91. The van der Waals surface area contributed by atoms with E-state index in [9.17, 15) is 19.5 Å². The SMILES string of the molecule is CC(C)(C)OC(=O)NC(CC1CCCNC1=O)C(O)C(=O)N1CCC1. The van der Waals surface area contributed by atoms with Crippen molar-refractivity contribution in [3.05, 3.63) is 0 Å². The van der Waals surface area contributed by atoms with Crippen LogP contribution < -0.4 is 10.6 Å². The second-order valence-corrected chi connectivity index (χ2v) is 7.74. The van der Waals surface area contributed by atoms with Crippen LogP contribution in [0.5, 0.6) is 0 Å². The van der Waals surface area contributed by atoms with Gasteiger partial charge in [-0.15, -0.1) is 0 Å². The molecule has 142 valence electrons. The summed E-state index contributed by atoms with van der Waals surface area (Å²) in [6.07, 6.45) is 0.528.